The van der Waals surface area contributed by atoms with Crippen LogP contribution in [0, 0.1) is 0 Å². The van der Waals surface area contributed by atoms with Gasteiger partial charge in [0.2, 0.25) is 11.8 Å². The number of rotatable bonds is 7. The Balaban J connectivity index is 1.52. The van der Waals surface area contributed by atoms with Crippen LogP contribution in [0.1, 0.15) is 43.7 Å². The average Bonchev–Trinajstić information content (AvgIpc) is 3.41. The average molecular weight is 405 g/mol. The van der Waals surface area contributed by atoms with Crippen LogP contribution in [-0.4, -0.2) is 38.8 Å². The van der Waals surface area contributed by atoms with Crippen molar-refractivity contribution in [3.8, 4) is 0 Å². The zero-order valence-electron chi connectivity index (χ0n) is 17.4. The second-order valence-electron chi connectivity index (χ2n) is 8.06. The molecule has 0 spiro atoms. The first kappa shape index (κ1) is 20.1. The first-order chi connectivity index (χ1) is 14.6. The van der Waals surface area contributed by atoms with Crippen molar-refractivity contribution in [3.05, 3.63) is 66.1 Å². The van der Waals surface area contributed by atoms with Crippen molar-refractivity contribution >= 4 is 22.7 Å². The number of aromatic amines is 1. The Kier molecular flexibility index (Phi) is 5.84. The quantitative estimate of drug-likeness (QED) is 0.632. The topological polar surface area (TPSA) is 78.1 Å². The van der Waals surface area contributed by atoms with Crippen molar-refractivity contribution in [1.29, 1.82) is 0 Å². The van der Waals surface area contributed by atoms with Crippen LogP contribution in [0.4, 0.5) is 0 Å². The van der Waals surface area contributed by atoms with Crippen LogP contribution in [0.25, 0.3) is 10.9 Å². The van der Waals surface area contributed by atoms with Gasteiger partial charge < -0.3 is 15.2 Å². The molecule has 1 aliphatic carbocycles. The summed E-state index contributed by atoms with van der Waals surface area (Å²) in [6.07, 6.45) is 9.51. The van der Waals surface area contributed by atoms with Gasteiger partial charge in [-0.15, -0.1) is 0 Å². The number of aromatic nitrogens is 2. The molecule has 4 rings (SSSR count). The van der Waals surface area contributed by atoms with Gasteiger partial charge in [-0.1, -0.05) is 37.1 Å². The summed E-state index contributed by atoms with van der Waals surface area (Å²) in [5, 5.41) is 4.23. The van der Waals surface area contributed by atoms with Gasteiger partial charge in [0, 0.05) is 49.5 Å². The molecule has 0 atom stereocenters. The molecule has 0 saturated heterocycles. The Morgan fingerprint density at radius 1 is 1.17 bits per heavy atom. The standard InChI is InChI=1S/C24H28N4O2/c1-18(29)28(14-10-20-17-26-22-9-3-2-8-21(20)22)24(11-4-5-12-24)23(30)27-16-19-7-6-13-25-15-19/h2-3,6-9,13,15,17,26H,4-5,10-12,14,16H2,1H3,(H,27,30). The van der Waals surface area contributed by atoms with Crippen LogP contribution in [0.3, 0.4) is 0 Å². The summed E-state index contributed by atoms with van der Waals surface area (Å²) in [5.74, 6) is -0.105. The molecule has 2 heterocycles. The molecule has 0 bridgehead atoms. The number of amides is 2. The first-order valence-electron chi connectivity index (χ1n) is 10.6. The van der Waals surface area contributed by atoms with Crippen LogP contribution < -0.4 is 5.32 Å². The molecule has 0 aliphatic heterocycles. The third-order valence-corrected chi connectivity index (χ3v) is 6.21. The number of hydrogen-bond acceptors (Lipinski definition) is 3. The van der Waals surface area contributed by atoms with Crippen LogP contribution >= 0.6 is 0 Å². The fraction of sp³-hybridized carbons (Fsp3) is 0.375. The molecule has 156 valence electrons. The molecule has 1 aliphatic rings. The van der Waals surface area contributed by atoms with Crippen molar-refractivity contribution in [2.45, 2.75) is 51.1 Å². The number of carbonyl (C=O) groups excluding carboxylic acids is 2. The number of para-hydroxylation sites is 1. The van der Waals surface area contributed by atoms with Gasteiger partial charge in [-0.25, -0.2) is 0 Å². The molecule has 2 aromatic heterocycles. The molecule has 1 fully saturated rings. The van der Waals surface area contributed by atoms with Gasteiger partial charge in [0.15, 0.2) is 0 Å². The number of carbonyl (C=O) groups is 2. The maximum Gasteiger partial charge on any atom is 0.246 e. The lowest BCUT2D eigenvalue weighted by Crippen LogP contribution is -2.59. The van der Waals surface area contributed by atoms with E-state index in [2.05, 4.69) is 21.4 Å². The summed E-state index contributed by atoms with van der Waals surface area (Å²) in [7, 11) is 0. The molecule has 2 N–H and O–H groups in total. The lowest BCUT2D eigenvalue weighted by atomic mass is 9.92. The van der Waals surface area contributed by atoms with E-state index in [1.165, 1.54) is 10.9 Å². The van der Waals surface area contributed by atoms with Gasteiger partial charge in [-0.3, -0.25) is 14.6 Å². The molecule has 6 heteroatoms. The van der Waals surface area contributed by atoms with Gasteiger partial charge in [0.05, 0.1) is 0 Å². The van der Waals surface area contributed by atoms with E-state index in [-0.39, 0.29) is 11.8 Å². The molecule has 2 amide bonds. The smallest absolute Gasteiger partial charge is 0.246 e. The van der Waals surface area contributed by atoms with Gasteiger partial charge in [0.25, 0.3) is 0 Å². The number of H-pyrrole nitrogens is 1. The van der Waals surface area contributed by atoms with E-state index in [0.717, 1.165) is 23.9 Å². The Morgan fingerprint density at radius 3 is 2.70 bits per heavy atom. The normalized spacial score (nSPS) is 15.2. The van der Waals surface area contributed by atoms with E-state index >= 15 is 0 Å². The van der Waals surface area contributed by atoms with Crippen LogP contribution in [0.15, 0.2) is 55.0 Å². The second-order valence-corrected chi connectivity index (χ2v) is 8.06. The van der Waals surface area contributed by atoms with E-state index in [9.17, 15) is 9.59 Å². The molecule has 1 aromatic carbocycles. The highest BCUT2D eigenvalue weighted by Crippen LogP contribution is 2.36. The summed E-state index contributed by atoms with van der Waals surface area (Å²) in [6, 6.07) is 12.0. The third kappa shape index (κ3) is 3.95. The molecular weight excluding hydrogens is 376 g/mol. The number of fused-ring (bicyclic) bond motifs is 1. The van der Waals surface area contributed by atoms with Crippen molar-refractivity contribution in [2.75, 3.05) is 6.54 Å². The summed E-state index contributed by atoms with van der Waals surface area (Å²) in [6.45, 7) is 2.52. The van der Waals surface area contributed by atoms with Crippen LogP contribution in [0.2, 0.25) is 0 Å². The number of hydrogen-bond donors (Lipinski definition) is 2. The molecule has 0 radical (unpaired) electrons. The largest absolute Gasteiger partial charge is 0.361 e. The van der Waals surface area contributed by atoms with E-state index in [1.54, 1.807) is 24.2 Å². The number of pyridine rings is 1. The number of nitrogens with zero attached hydrogens (tertiary/aromatic N) is 2. The van der Waals surface area contributed by atoms with Crippen molar-refractivity contribution in [3.63, 3.8) is 0 Å². The highest BCUT2D eigenvalue weighted by atomic mass is 16.2. The zero-order chi connectivity index (χ0) is 21.0. The Bertz CT molecular complexity index is 1020. The maximum atomic E-state index is 13.3. The van der Waals surface area contributed by atoms with Gasteiger partial charge in [-0.2, -0.15) is 0 Å². The summed E-state index contributed by atoms with van der Waals surface area (Å²) in [5.41, 5.74) is 2.44. The van der Waals surface area contributed by atoms with E-state index in [4.69, 9.17) is 0 Å². The van der Waals surface area contributed by atoms with E-state index in [0.29, 0.717) is 32.4 Å². The Labute approximate surface area is 176 Å². The van der Waals surface area contributed by atoms with Crippen molar-refractivity contribution < 1.29 is 9.59 Å². The second kappa shape index (κ2) is 8.69. The summed E-state index contributed by atoms with van der Waals surface area (Å²) < 4.78 is 0. The Hall–Kier alpha value is -3.15. The maximum absolute atomic E-state index is 13.3. The van der Waals surface area contributed by atoms with Crippen LogP contribution in [0.5, 0.6) is 0 Å². The lowest BCUT2D eigenvalue weighted by molar-refractivity contribution is -0.146. The fourth-order valence-electron chi connectivity index (χ4n) is 4.67. The SMILES string of the molecule is CC(=O)N(CCc1c[nH]c2ccccc12)C1(C(=O)NCc2cccnc2)CCCC1. The first-order valence-corrected chi connectivity index (χ1v) is 10.6. The molecule has 0 unspecified atom stereocenters. The van der Waals surface area contributed by atoms with E-state index < -0.39 is 5.54 Å². The van der Waals surface area contributed by atoms with E-state index in [1.807, 2.05) is 36.5 Å². The minimum atomic E-state index is -0.764. The minimum absolute atomic E-state index is 0.0479. The number of benzene rings is 1. The van der Waals surface area contributed by atoms with Gasteiger partial charge in [0.1, 0.15) is 5.54 Å². The van der Waals surface area contributed by atoms with Gasteiger partial charge >= 0.3 is 0 Å². The molecule has 6 nitrogen and oxygen atoms in total. The van der Waals surface area contributed by atoms with Gasteiger partial charge in [-0.05, 0) is 42.5 Å². The lowest BCUT2D eigenvalue weighted by Gasteiger charge is -2.39. The summed E-state index contributed by atoms with van der Waals surface area (Å²) >= 11 is 0. The summed E-state index contributed by atoms with van der Waals surface area (Å²) in [4.78, 5) is 35.2. The Morgan fingerprint density at radius 2 is 1.97 bits per heavy atom. The highest BCUT2D eigenvalue weighted by Gasteiger charge is 2.47. The van der Waals surface area contributed by atoms with Crippen molar-refractivity contribution in [1.82, 2.24) is 20.2 Å². The minimum Gasteiger partial charge on any atom is -0.361 e. The molecule has 1 saturated carbocycles. The number of nitrogens with one attached hydrogen (secondary N) is 2. The predicted molar refractivity (Wildman–Crippen MR) is 117 cm³/mol. The molecular formula is C24H28N4O2. The van der Waals surface area contributed by atoms with Crippen LogP contribution in [-0.2, 0) is 22.6 Å². The van der Waals surface area contributed by atoms with Crippen molar-refractivity contribution in [2.24, 2.45) is 0 Å². The highest BCUT2D eigenvalue weighted by molar-refractivity contribution is 5.91. The molecule has 3 aromatic rings. The fourth-order valence-corrected chi connectivity index (χ4v) is 4.67. The third-order valence-electron chi connectivity index (χ3n) is 6.21. The monoisotopic (exact) mass is 404 g/mol. The molecule has 30 heavy (non-hydrogen) atoms. The predicted octanol–water partition coefficient (Wildman–Crippen LogP) is 3.58. The zero-order valence-corrected chi connectivity index (χ0v) is 17.4.